The Morgan fingerprint density at radius 1 is 0.537 bits per heavy atom. The van der Waals surface area contributed by atoms with Crippen LogP contribution in [0.3, 0.4) is 0 Å². The molecule has 67 heavy (non-hydrogen) atoms. The topological polar surface area (TPSA) is 269 Å². The van der Waals surface area contributed by atoms with Gasteiger partial charge in [-0.3, -0.25) is 33.6 Å². The molecule has 0 saturated heterocycles. The van der Waals surface area contributed by atoms with Gasteiger partial charge in [-0.1, -0.05) is 91.0 Å². The summed E-state index contributed by atoms with van der Waals surface area (Å²) in [7, 11) is 0. The molecular formula is C48H64N6O13. The number of nitrogens with one attached hydrogen (secondary N) is 5. The van der Waals surface area contributed by atoms with Crippen molar-refractivity contribution in [2.24, 2.45) is 5.73 Å². The summed E-state index contributed by atoms with van der Waals surface area (Å²) in [6.45, 7) is 3.64. The van der Waals surface area contributed by atoms with Gasteiger partial charge in [0.25, 0.3) is 0 Å². The molecule has 0 spiro atoms. The van der Waals surface area contributed by atoms with Crippen LogP contribution in [0.4, 0.5) is 0 Å². The van der Waals surface area contributed by atoms with Gasteiger partial charge < -0.3 is 56.0 Å². The summed E-state index contributed by atoms with van der Waals surface area (Å²) in [4.78, 5) is 102. The van der Waals surface area contributed by atoms with Gasteiger partial charge in [0.05, 0.1) is 32.3 Å². The van der Waals surface area contributed by atoms with Crippen molar-refractivity contribution in [3.63, 3.8) is 0 Å². The van der Waals surface area contributed by atoms with Gasteiger partial charge in [0.1, 0.15) is 38.5 Å². The minimum absolute atomic E-state index is 0.00580. The summed E-state index contributed by atoms with van der Waals surface area (Å²) in [5.74, 6) is -4.75. The third-order valence-electron chi connectivity index (χ3n) is 9.71. The van der Waals surface area contributed by atoms with Gasteiger partial charge in [-0.2, -0.15) is 0 Å². The van der Waals surface area contributed by atoms with Crippen LogP contribution in [0.15, 0.2) is 91.0 Å². The van der Waals surface area contributed by atoms with E-state index in [1.165, 1.54) is 0 Å². The van der Waals surface area contributed by atoms with E-state index < -0.39 is 78.2 Å². The van der Waals surface area contributed by atoms with Crippen LogP contribution in [0.2, 0.25) is 0 Å². The number of benzene rings is 3. The van der Waals surface area contributed by atoms with Gasteiger partial charge in [0.15, 0.2) is 0 Å². The van der Waals surface area contributed by atoms with Gasteiger partial charge >= 0.3 is 17.9 Å². The molecule has 3 aromatic rings. The fourth-order valence-electron chi connectivity index (χ4n) is 6.08. The number of likely N-dealkylation sites (N-methyl/N-ethyl adjacent to an activating group) is 1. The quantitative estimate of drug-likeness (QED) is 0.0297. The first-order chi connectivity index (χ1) is 32.3. The molecule has 3 aromatic carbocycles. The normalized spacial score (nSPS) is 12.5. The van der Waals surface area contributed by atoms with E-state index in [-0.39, 0.29) is 91.1 Å². The van der Waals surface area contributed by atoms with Crippen LogP contribution in [0.5, 0.6) is 0 Å². The molecule has 4 unspecified atom stereocenters. The van der Waals surface area contributed by atoms with Crippen LogP contribution in [0.1, 0.15) is 75.5 Å². The zero-order chi connectivity index (χ0) is 48.7. The van der Waals surface area contributed by atoms with Crippen molar-refractivity contribution < 1.29 is 62.0 Å². The molecule has 364 valence electrons. The molecule has 3 rings (SSSR count). The maximum atomic E-state index is 13.9. The Hall–Kier alpha value is -6.70. The number of nitrogens with two attached hydrogens (primary N) is 1. The van der Waals surface area contributed by atoms with Crippen molar-refractivity contribution in [2.45, 2.75) is 103 Å². The molecule has 0 aliphatic rings. The third-order valence-corrected chi connectivity index (χ3v) is 9.71. The van der Waals surface area contributed by atoms with Crippen molar-refractivity contribution in [3.05, 3.63) is 108 Å². The first kappa shape index (κ1) is 54.6. The molecule has 0 radical (unpaired) electrons. The minimum Gasteiger partial charge on any atom is -0.461 e. The van der Waals surface area contributed by atoms with E-state index in [1.807, 2.05) is 36.4 Å². The van der Waals surface area contributed by atoms with Gasteiger partial charge in [-0.25, -0.2) is 4.79 Å². The van der Waals surface area contributed by atoms with Crippen molar-refractivity contribution >= 4 is 47.4 Å². The van der Waals surface area contributed by atoms with Crippen molar-refractivity contribution in [1.82, 2.24) is 26.6 Å². The summed E-state index contributed by atoms with van der Waals surface area (Å²) in [5, 5.41) is 13.1. The van der Waals surface area contributed by atoms with Gasteiger partial charge in [0.2, 0.25) is 29.5 Å². The lowest BCUT2D eigenvalue weighted by Crippen LogP contribution is -2.53. The number of rotatable bonds is 32. The third kappa shape index (κ3) is 24.4. The molecular weight excluding hydrogens is 869 g/mol. The number of carbonyl (C=O) groups excluding carboxylic acids is 8. The van der Waals surface area contributed by atoms with Crippen LogP contribution in [-0.2, 0) is 81.9 Å². The summed E-state index contributed by atoms with van der Waals surface area (Å²) < 4.78 is 27.1. The summed E-state index contributed by atoms with van der Waals surface area (Å²) in [6, 6.07) is 23.0. The summed E-state index contributed by atoms with van der Waals surface area (Å²) in [6.07, 6.45) is -0.760. The average molecular weight is 933 g/mol. The van der Waals surface area contributed by atoms with E-state index in [0.717, 1.165) is 11.1 Å². The Morgan fingerprint density at radius 3 is 1.63 bits per heavy atom. The second kappa shape index (κ2) is 32.1. The molecule has 0 aromatic heterocycles. The van der Waals surface area contributed by atoms with E-state index >= 15 is 0 Å². The van der Waals surface area contributed by atoms with Crippen molar-refractivity contribution in [1.29, 1.82) is 0 Å². The molecule has 5 amide bonds. The molecule has 0 saturated carbocycles. The van der Waals surface area contributed by atoms with Crippen molar-refractivity contribution in [3.8, 4) is 0 Å². The lowest BCUT2D eigenvalue weighted by Gasteiger charge is -2.23. The van der Waals surface area contributed by atoms with Crippen LogP contribution in [0, 0.1) is 0 Å². The summed E-state index contributed by atoms with van der Waals surface area (Å²) >= 11 is 0. The lowest BCUT2D eigenvalue weighted by molar-refractivity contribution is -0.151. The highest BCUT2D eigenvalue weighted by Gasteiger charge is 2.29. The Morgan fingerprint density at radius 2 is 1.06 bits per heavy atom. The van der Waals surface area contributed by atoms with Gasteiger partial charge in [-0.05, 0) is 49.8 Å². The predicted octanol–water partition coefficient (Wildman–Crippen LogP) is 2.03. The average Bonchev–Trinajstić information content (AvgIpc) is 3.33. The van der Waals surface area contributed by atoms with Crippen molar-refractivity contribution in [2.75, 3.05) is 39.5 Å². The summed E-state index contributed by atoms with van der Waals surface area (Å²) in [5.41, 5.74) is 8.00. The Balaban J connectivity index is 1.58. The van der Waals surface area contributed by atoms with E-state index in [4.69, 9.17) is 29.4 Å². The zero-order valence-corrected chi connectivity index (χ0v) is 38.2. The number of esters is 3. The molecule has 0 heterocycles. The largest absolute Gasteiger partial charge is 0.461 e. The van der Waals surface area contributed by atoms with Crippen LogP contribution in [-0.4, -0.2) is 111 Å². The van der Waals surface area contributed by atoms with E-state index in [0.29, 0.717) is 12.1 Å². The number of hydrogen-bond donors (Lipinski definition) is 6. The molecule has 19 heteroatoms. The highest BCUT2D eigenvalue weighted by Crippen LogP contribution is 2.11. The maximum Gasteiger partial charge on any atom is 0.328 e. The molecule has 7 N–H and O–H groups in total. The van der Waals surface area contributed by atoms with Crippen LogP contribution >= 0.6 is 0 Å². The monoisotopic (exact) mass is 932 g/mol. The molecule has 0 fully saturated rings. The number of carbonyl (C=O) groups is 8. The SMILES string of the molecule is CCNC(=O)C(N)CC(=O)NCCOCCOCC(=O)NC(CCC(=O)NC(C)CCC(=O)OCc1ccccc1)C(=O)NC(CCC(=O)OCc1ccccc1)C(=O)OCc1ccccc1. The number of ether oxygens (including phenoxy) is 5. The Kier molecular flexibility index (Phi) is 26.1. The zero-order valence-electron chi connectivity index (χ0n) is 38.2. The first-order valence-electron chi connectivity index (χ1n) is 22.3. The minimum atomic E-state index is -1.35. The molecule has 19 nitrogen and oxygen atoms in total. The highest BCUT2D eigenvalue weighted by molar-refractivity contribution is 5.92. The van der Waals surface area contributed by atoms with E-state index in [2.05, 4.69) is 26.6 Å². The maximum absolute atomic E-state index is 13.9. The van der Waals surface area contributed by atoms with E-state index in [9.17, 15) is 38.4 Å². The van der Waals surface area contributed by atoms with E-state index in [1.54, 1.807) is 68.4 Å². The molecule has 4 atom stereocenters. The smallest absolute Gasteiger partial charge is 0.328 e. The van der Waals surface area contributed by atoms with Crippen LogP contribution in [0.25, 0.3) is 0 Å². The first-order valence-corrected chi connectivity index (χ1v) is 22.3. The molecule has 0 aliphatic heterocycles. The standard InChI is InChI=1S/C48H64N6O13/c1-3-50-46(60)38(49)29-42(56)51-25-26-63-27-28-64-33-43(57)53-39(20-22-41(55)52-34(2)19-23-44(58)65-30-35-13-7-4-8-14-35)47(61)54-40(48(62)67-32-37-17-11-6-12-18-37)21-24-45(59)66-31-36-15-9-5-10-16-36/h4-18,34,38-40H,3,19-33,49H2,1-2H3,(H,50,60)(H,51,56)(H,52,55)(H,53,57)(H,54,61). The fourth-order valence-corrected chi connectivity index (χ4v) is 6.08. The second-order valence-corrected chi connectivity index (χ2v) is 15.4. The molecule has 0 bridgehead atoms. The number of hydrogen-bond acceptors (Lipinski definition) is 14. The lowest BCUT2D eigenvalue weighted by atomic mass is 10.1. The highest BCUT2D eigenvalue weighted by atomic mass is 16.5. The number of amides is 5. The second-order valence-electron chi connectivity index (χ2n) is 15.4. The Labute approximate surface area is 390 Å². The van der Waals surface area contributed by atoms with Gasteiger partial charge in [0, 0.05) is 38.4 Å². The fraction of sp³-hybridized carbons (Fsp3) is 0.458. The predicted molar refractivity (Wildman–Crippen MR) is 244 cm³/mol. The molecule has 0 aliphatic carbocycles. The van der Waals surface area contributed by atoms with Crippen LogP contribution < -0.4 is 32.3 Å². The van der Waals surface area contributed by atoms with Gasteiger partial charge in [-0.15, -0.1) is 0 Å². The Bertz CT molecular complexity index is 1990.